The number of hydrogen-bond acceptors (Lipinski definition) is 2. The number of halogens is 3. The molecule has 0 spiro atoms. The number of carbonyl (C=O) groups excluding carboxylic acids is 2. The van der Waals surface area contributed by atoms with Gasteiger partial charge in [0.15, 0.2) is 5.78 Å². The predicted molar refractivity (Wildman–Crippen MR) is 86.4 cm³/mol. The molecular formula is C15H8BrCl2NO2. The molecule has 0 aromatic heterocycles. The van der Waals surface area contributed by atoms with Gasteiger partial charge >= 0.3 is 0 Å². The first-order valence-corrected chi connectivity index (χ1v) is 7.62. The normalized spacial score (nSPS) is 13.0. The topological polar surface area (TPSA) is 46.2 Å². The van der Waals surface area contributed by atoms with Gasteiger partial charge in [-0.05, 0) is 35.9 Å². The van der Waals surface area contributed by atoms with Crippen molar-refractivity contribution in [3.8, 4) is 0 Å². The van der Waals surface area contributed by atoms with Crippen LogP contribution in [0.5, 0.6) is 0 Å². The Morgan fingerprint density at radius 2 is 1.81 bits per heavy atom. The summed E-state index contributed by atoms with van der Waals surface area (Å²) in [6, 6.07) is 8.30. The van der Waals surface area contributed by atoms with Gasteiger partial charge in [-0.25, -0.2) is 0 Å². The van der Waals surface area contributed by atoms with E-state index in [4.69, 9.17) is 23.2 Å². The highest BCUT2D eigenvalue weighted by molar-refractivity contribution is 9.10. The molecule has 0 bridgehead atoms. The molecular weight excluding hydrogens is 377 g/mol. The van der Waals surface area contributed by atoms with Crippen molar-refractivity contribution in [2.75, 3.05) is 5.32 Å². The van der Waals surface area contributed by atoms with E-state index in [0.717, 1.165) is 10.0 Å². The van der Waals surface area contributed by atoms with E-state index in [2.05, 4.69) is 21.2 Å². The zero-order valence-electron chi connectivity index (χ0n) is 10.5. The van der Waals surface area contributed by atoms with Gasteiger partial charge in [-0.15, -0.1) is 0 Å². The number of anilines is 1. The number of rotatable bonds is 2. The van der Waals surface area contributed by atoms with Gasteiger partial charge in [0.2, 0.25) is 5.91 Å². The van der Waals surface area contributed by atoms with Crippen LogP contribution in [-0.2, 0) is 11.2 Å². The summed E-state index contributed by atoms with van der Waals surface area (Å²) in [4.78, 5) is 24.0. The number of carbonyl (C=O) groups is 2. The summed E-state index contributed by atoms with van der Waals surface area (Å²) in [5.74, 6) is -0.375. The van der Waals surface area contributed by atoms with Crippen LogP contribution in [0.3, 0.4) is 0 Å². The molecule has 0 saturated heterocycles. The summed E-state index contributed by atoms with van der Waals surface area (Å²) >= 11 is 15.6. The van der Waals surface area contributed by atoms with Gasteiger partial charge < -0.3 is 5.32 Å². The predicted octanol–water partition coefficient (Wildman–Crippen LogP) is 4.48. The summed E-state index contributed by atoms with van der Waals surface area (Å²) in [5, 5.41) is 3.34. The van der Waals surface area contributed by atoms with Gasteiger partial charge in [0.05, 0.1) is 16.5 Å². The number of fused-ring (bicyclic) bond motifs is 1. The Hall–Kier alpha value is -1.36. The smallest absolute Gasteiger partial charge is 0.228 e. The fraction of sp³-hybridized carbons (Fsp3) is 0.0667. The lowest BCUT2D eigenvalue weighted by Gasteiger charge is -2.08. The van der Waals surface area contributed by atoms with Crippen LogP contribution < -0.4 is 5.32 Å². The standard InChI is InChI=1S/C15H8BrCl2NO2/c16-8-1-2-11(17)10(5-8)15(21)9-3-7-4-14(20)19-13(7)6-12(9)18/h1-3,5-6H,4H2,(H,19,20). The van der Waals surface area contributed by atoms with Crippen molar-refractivity contribution in [1.29, 1.82) is 0 Å². The van der Waals surface area contributed by atoms with E-state index < -0.39 is 0 Å². The van der Waals surface area contributed by atoms with Gasteiger partial charge in [-0.3, -0.25) is 9.59 Å². The molecule has 0 atom stereocenters. The molecule has 2 aromatic rings. The largest absolute Gasteiger partial charge is 0.325 e. The monoisotopic (exact) mass is 383 g/mol. The maximum atomic E-state index is 12.6. The first-order valence-electron chi connectivity index (χ1n) is 6.08. The summed E-state index contributed by atoms with van der Waals surface area (Å²) in [5.41, 5.74) is 2.12. The van der Waals surface area contributed by atoms with E-state index in [1.165, 1.54) is 0 Å². The number of amides is 1. The molecule has 0 fully saturated rings. The van der Waals surface area contributed by atoms with E-state index in [-0.39, 0.29) is 23.1 Å². The van der Waals surface area contributed by atoms with Gasteiger partial charge in [0.1, 0.15) is 0 Å². The van der Waals surface area contributed by atoms with Crippen LogP contribution in [-0.4, -0.2) is 11.7 Å². The fourth-order valence-electron chi connectivity index (χ4n) is 2.24. The van der Waals surface area contributed by atoms with E-state index in [1.54, 1.807) is 30.3 Å². The van der Waals surface area contributed by atoms with Crippen LogP contribution in [0.2, 0.25) is 10.0 Å². The van der Waals surface area contributed by atoms with Gasteiger partial charge in [-0.2, -0.15) is 0 Å². The van der Waals surface area contributed by atoms with Crippen LogP contribution in [0, 0.1) is 0 Å². The summed E-state index contributed by atoms with van der Waals surface area (Å²) < 4.78 is 0.754. The Bertz CT molecular complexity index is 789. The Balaban J connectivity index is 2.09. The summed E-state index contributed by atoms with van der Waals surface area (Å²) in [6.45, 7) is 0. The molecule has 1 aliphatic heterocycles. The van der Waals surface area contributed by atoms with Crippen LogP contribution in [0.4, 0.5) is 5.69 Å². The second kappa shape index (κ2) is 5.44. The number of ketones is 1. The first-order chi connectivity index (χ1) is 9.95. The van der Waals surface area contributed by atoms with Crippen molar-refractivity contribution in [3.05, 3.63) is 61.5 Å². The van der Waals surface area contributed by atoms with E-state index in [1.807, 2.05) is 0 Å². The highest BCUT2D eigenvalue weighted by atomic mass is 79.9. The Kier molecular flexibility index (Phi) is 3.78. The zero-order chi connectivity index (χ0) is 15.1. The summed E-state index contributed by atoms with van der Waals surface area (Å²) in [6.07, 6.45) is 0.249. The maximum Gasteiger partial charge on any atom is 0.228 e. The van der Waals surface area contributed by atoms with Crippen molar-refractivity contribution in [3.63, 3.8) is 0 Å². The molecule has 0 saturated carbocycles. The Morgan fingerprint density at radius 3 is 2.57 bits per heavy atom. The van der Waals surface area contributed by atoms with Crippen molar-refractivity contribution < 1.29 is 9.59 Å². The Labute approximate surface area is 139 Å². The number of benzene rings is 2. The van der Waals surface area contributed by atoms with Crippen LogP contribution in [0.15, 0.2) is 34.8 Å². The highest BCUT2D eigenvalue weighted by Gasteiger charge is 2.23. The minimum atomic E-state index is -0.270. The van der Waals surface area contributed by atoms with Crippen LogP contribution in [0.25, 0.3) is 0 Å². The molecule has 1 N–H and O–H groups in total. The SMILES string of the molecule is O=C1Cc2cc(C(=O)c3cc(Br)ccc3Cl)c(Cl)cc2N1. The van der Waals surface area contributed by atoms with Crippen molar-refractivity contribution >= 4 is 56.5 Å². The second-order valence-corrected chi connectivity index (χ2v) is 6.40. The third-order valence-corrected chi connectivity index (χ3v) is 4.37. The quantitative estimate of drug-likeness (QED) is 0.775. The average molecular weight is 385 g/mol. The van der Waals surface area contributed by atoms with Crippen molar-refractivity contribution in [2.24, 2.45) is 0 Å². The second-order valence-electron chi connectivity index (χ2n) is 4.67. The first kappa shape index (κ1) is 14.6. The lowest BCUT2D eigenvalue weighted by atomic mass is 10.00. The molecule has 0 radical (unpaired) electrons. The van der Waals surface area contributed by atoms with Crippen LogP contribution in [0.1, 0.15) is 21.5 Å². The van der Waals surface area contributed by atoms with E-state index >= 15 is 0 Å². The lowest BCUT2D eigenvalue weighted by molar-refractivity contribution is -0.115. The van der Waals surface area contributed by atoms with Crippen LogP contribution >= 0.6 is 39.1 Å². The number of hydrogen-bond donors (Lipinski definition) is 1. The summed E-state index contributed by atoms with van der Waals surface area (Å²) in [7, 11) is 0. The fourth-order valence-corrected chi connectivity index (χ4v) is 3.05. The van der Waals surface area contributed by atoms with Gasteiger partial charge in [0, 0.05) is 21.3 Å². The molecule has 6 heteroatoms. The molecule has 3 nitrogen and oxygen atoms in total. The molecule has 1 aliphatic rings. The molecule has 0 aliphatic carbocycles. The minimum Gasteiger partial charge on any atom is -0.325 e. The van der Waals surface area contributed by atoms with Crippen molar-refractivity contribution in [2.45, 2.75) is 6.42 Å². The number of nitrogens with one attached hydrogen (secondary N) is 1. The Morgan fingerprint density at radius 1 is 1.10 bits per heavy atom. The van der Waals surface area contributed by atoms with Gasteiger partial charge in [0.25, 0.3) is 0 Å². The molecule has 21 heavy (non-hydrogen) atoms. The molecule has 1 heterocycles. The molecule has 0 unspecified atom stereocenters. The molecule has 2 aromatic carbocycles. The lowest BCUT2D eigenvalue weighted by Crippen LogP contribution is -2.04. The minimum absolute atomic E-state index is 0.105. The van der Waals surface area contributed by atoms with Gasteiger partial charge in [-0.1, -0.05) is 39.1 Å². The van der Waals surface area contributed by atoms with Crippen molar-refractivity contribution in [1.82, 2.24) is 0 Å². The molecule has 3 rings (SSSR count). The highest BCUT2D eigenvalue weighted by Crippen LogP contribution is 2.32. The molecule has 106 valence electrons. The van der Waals surface area contributed by atoms with E-state index in [0.29, 0.717) is 21.8 Å². The zero-order valence-corrected chi connectivity index (χ0v) is 13.6. The maximum absolute atomic E-state index is 12.6. The molecule has 1 amide bonds. The third kappa shape index (κ3) is 2.71. The van der Waals surface area contributed by atoms with E-state index in [9.17, 15) is 9.59 Å². The average Bonchev–Trinajstić information content (AvgIpc) is 2.79. The third-order valence-electron chi connectivity index (χ3n) is 3.24.